The number of carbonyl (C=O) groups is 7. The number of piperazine rings is 1. The summed E-state index contributed by atoms with van der Waals surface area (Å²) in [7, 11) is 2.90. The normalized spacial score (nSPS) is 25.5. The highest BCUT2D eigenvalue weighted by atomic mass is 16.6. The SMILES string of the molecule is CO[C@H]1/C=C\C=C(/C)C(=O)NC2=CC(=O)C(NCCN3CCN(C(=O)OCC(=O)CCCCCCC(=O)Nc4ccccc4)CC3)=C(C[C@@H](C)C[C@H](OC)[C@@H](O)[C@@H](C)/C=C(\C)[C@@H]1OC(N)=O)C2=O. The Morgan fingerprint density at radius 3 is 2.28 bits per heavy atom. The number of aliphatic hydroxyl groups is 1. The van der Waals surface area contributed by atoms with Gasteiger partial charge in [0.15, 0.2) is 18.5 Å². The lowest BCUT2D eigenvalue weighted by atomic mass is 9.85. The van der Waals surface area contributed by atoms with Crippen LogP contribution in [0.5, 0.6) is 0 Å². The number of ketones is 3. The fraction of sp³-hybridized carbons (Fsp3) is 0.540. The number of primary amides is 1. The molecule has 0 spiro atoms. The minimum Gasteiger partial charge on any atom is -0.441 e. The highest BCUT2D eigenvalue weighted by molar-refractivity contribution is 6.23. The maximum atomic E-state index is 14.1. The average molecular weight is 947 g/mol. The molecule has 2 heterocycles. The zero-order chi connectivity index (χ0) is 49.8. The Morgan fingerprint density at radius 2 is 1.62 bits per heavy atom. The topological polar surface area (TPSA) is 245 Å². The lowest BCUT2D eigenvalue weighted by molar-refractivity contribution is -0.122. The number of rotatable bonds is 17. The van der Waals surface area contributed by atoms with E-state index in [9.17, 15) is 38.7 Å². The molecule has 6 N–H and O–H groups in total. The maximum Gasteiger partial charge on any atom is 0.410 e. The average Bonchev–Trinajstić information content (AvgIpc) is 3.31. The molecule has 0 radical (unpaired) electrons. The van der Waals surface area contributed by atoms with Crippen molar-refractivity contribution in [3.63, 3.8) is 0 Å². The smallest absolute Gasteiger partial charge is 0.410 e. The molecule has 1 saturated heterocycles. The Morgan fingerprint density at radius 1 is 0.926 bits per heavy atom. The van der Waals surface area contributed by atoms with Crippen LogP contribution in [0.1, 0.15) is 79.1 Å². The Hall–Kier alpha value is -5.95. The summed E-state index contributed by atoms with van der Waals surface area (Å²) in [4.78, 5) is 94.1. The summed E-state index contributed by atoms with van der Waals surface area (Å²) in [5, 5.41) is 20.1. The lowest BCUT2D eigenvalue weighted by Crippen LogP contribution is -2.50. The molecule has 1 aromatic carbocycles. The van der Waals surface area contributed by atoms with Crippen LogP contribution in [-0.4, -0.2) is 141 Å². The maximum absolute atomic E-state index is 14.1. The van der Waals surface area contributed by atoms with Crippen LogP contribution in [0.25, 0.3) is 0 Å². The number of para-hydroxylation sites is 1. The first kappa shape index (κ1) is 54.7. The van der Waals surface area contributed by atoms with Gasteiger partial charge < -0.3 is 50.6 Å². The third-order valence-electron chi connectivity index (χ3n) is 12.2. The van der Waals surface area contributed by atoms with E-state index in [1.54, 1.807) is 30.9 Å². The molecular weight excluding hydrogens is 877 g/mol. The van der Waals surface area contributed by atoms with Crippen molar-refractivity contribution in [3.05, 3.63) is 88.8 Å². The Kier molecular flexibility index (Phi) is 22.3. The zero-order valence-corrected chi connectivity index (χ0v) is 40.3. The van der Waals surface area contributed by atoms with Gasteiger partial charge in [0.1, 0.15) is 6.10 Å². The minimum absolute atomic E-state index is 0.0437. The second kappa shape index (κ2) is 27.8. The molecule has 1 fully saturated rings. The molecule has 6 atom stereocenters. The molecule has 0 saturated carbocycles. The van der Waals surface area contributed by atoms with Crippen LogP contribution in [0.4, 0.5) is 15.3 Å². The van der Waals surface area contributed by atoms with Crippen molar-refractivity contribution in [1.82, 2.24) is 20.4 Å². The molecule has 18 nitrogen and oxygen atoms in total. The largest absolute Gasteiger partial charge is 0.441 e. The van der Waals surface area contributed by atoms with Gasteiger partial charge in [-0.3, -0.25) is 28.9 Å². The molecule has 1 aromatic rings. The number of ether oxygens (including phenoxy) is 4. The first-order chi connectivity index (χ1) is 32.5. The van der Waals surface area contributed by atoms with Gasteiger partial charge in [-0.2, -0.15) is 0 Å². The summed E-state index contributed by atoms with van der Waals surface area (Å²) in [6, 6.07) is 9.27. The minimum atomic E-state index is -1.02. The molecule has 0 aromatic heterocycles. The summed E-state index contributed by atoms with van der Waals surface area (Å²) in [6.07, 6.45) is 6.47. The number of aliphatic hydroxyl groups excluding tert-OH is 1. The van der Waals surface area contributed by atoms with Crippen molar-refractivity contribution in [2.75, 3.05) is 65.4 Å². The zero-order valence-electron chi connectivity index (χ0n) is 40.3. The number of amides is 4. The van der Waals surface area contributed by atoms with Gasteiger partial charge in [0.05, 0.1) is 23.6 Å². The predicted molar refractivity (Wildman–Crippen MR) is 255 cm³/mol. The number of fused-ring (bicyclic) bond motifs is 2. The van der Waals surface area contributed by atoms with E-state index in [-0.39, 0.29) is 59.6 Å². The molecule has 1 aliphatic carbocycles. The van der Waals surface area contributed by atoms with Crippen molar-refractivity contribution >= 4 is 47.0 Å². The van der Waals surface area contributed by atoms with Crippen LogP contribution in [-0.2, 0) is 42.9 Å². The fourth-order valence-corrected chi connectivity index (χ4v) is 8.28. The van der Waals surface area contributed by atoms with Gasteiger partial charge in [0, 0.05) is 95.2 Å². The van der Waals surface area contributed by atoms with E-state index in [0.29, 0.717) is 70.5 Å². The standard InChI is InChI=1S/C50H70N6O12/c1-32-27-38-44(52-21-22-55-23-25-56(26-24-55)50(64)67-31-37(57)18-12-7-8-13-20-43(59)53-36-16-10-9-11-17-36)40(58)30-39(46(38)61)54-48(62)33(2)15-14-19-41(65-5)47(68-49(51)63)35(4)29-34(3)45(60)42(28-32)66-6/h9-11,14-17,19,29-30,32,34,41-42,45,47,52,60H,7-8,12-13,18,20-28,31H2,1-6H3,(H2,51,63)(H,53,59)(H,54,62)/b19-14-,33-15+,35-29+/t32-,34+,41+,42+,45+,47+/m1/s1. The number of hydrogen-bond donors (Lipinski definition) is 5. The summed E-state index contributed by atoms with van der Waals surface area (Å²) < 4.78 is 22.1. The number of nitrogens with one attached hydrogen (secondary N) is 3. The molecule has 2 bridgehead atoms. The number of nitrogens with two attached hydrogens (primary N) is 1. The molecule has 0 unspecified atom stereocenters. The van der Waals surface area contributed by atoms with Gasteiger partial charge in [-0.05, 0) is 63.2 Å². The van der Waals surface area contributed by atoms with Gasteiger partial charge in [-0.15, -0.1) is 0 Å². The number of Topliss-reactive ketones (excluding diaryl/α,β-unsaturated/α-hetero) is 2. The molecule has 3 aliphatic rings. The van der Waals surface area contributed by atoms with Crippen molar-refractivity contribution in [3.8, 4) is 0 Å². The van der Waals surface area contributed by atoms with E-state index in [0.717, 1.165) is 24.6 Å². The van der Waals surface area contributed by atoms with Crippen LogP contribution in [0.2, 0.25) is 0 Å². The van der Waals surface area contributed by atoms with Crippen LogP contribution in [0.15, 0.2) is 88.8 Å². The van der Waals surface area contributed by atoms with Gasteiger partial charge in [-0.1, -0.05) is 69.2 Å². The second-order valence-electron chi connectivity index (χ2n) is 17.6. The van der Waals surface area contributed by atoms with E-state index in [1.165, 1.54) is 33.3 Å². The van der Waals surface area contributed by atoms with E-state index in [4.69, 9.17) is 24.7 Å². The number of hydrogen-bond acceptors (Lipinski definition) is 14. The Bertz CT molecular complexity index is 2090. The number of unbranched alkanes of at least 4 members (excludes halogenated alkanes) is 3. The first-order valence-corrected chi connectivity index (χ1v) is 23.3. The van der Waals surface area contributed by atoms with Crippen molar-refractivity contribution in [2.24, 2.45) is 17.6 Å². The van der Waals surface area contributed by atoms with Crippen LogP contribution < -0.4 is 21.7 Å². The molecular formula is C50H70N6O12. The molecule has 68 heavy (non-hydrogen) atoms. The third-order valence-corrected chi connectivity index (χ3v) is 12.2. The van der Waals surface area contributed by atoms with Gasteiger partial charge >= 0.3 is 12.2 Å². The van der Waals surface area contributed by atoms with Crippen LogP contribution in [0.3, 0.4) is 0 Å². The number of benzene rings is 1. The van der Waals surface area contributed by atoms with E-state index >= 15 is 0 Å². The van der Waals surface area contributed by atoms with Crippen LogP contribution >= 0.6 is 0 Å². The molecule has 4 rings (SSSR count). The van der Waals surface area contributed by atoms with Crippen molar-refractivity contribution in [2.45, 2.75) is 103 Å². The van der Waals surface area contributed by atoms with Gasteiger partial charge in [0.2, 0.25) is 17.5 Å². The summed E-state index contributed by atoms with van der Waals surface area (Å²) in [5.74, 6) is -2.61. The molecule has 2 aliphatic heterocycles. The predicted octanol–water partition coefficient (Wildman–Crippen LogP) is 4.65. The Balaban J connectivity index is 1.32. The number of anilines is 1. The second-order valence-corrected chi connectivity index (χ2v) is 17.6. The highest BCUT2D eigenvalue weighted by Gasteiger charge is 2.34. The van der Waals surface area contributed by atoms with Crippen LogP contribution in [0, 0.1) is 11.8 Å². The quantitative estimate of drug-likeness (QED) is 0.0811. The summed E-state index contributed by atoms with van der Waals surface area (Å²) in [6.45, 7) is 9.19. The van der Waals surface area contributed by atoms with E-state index in [2.05, 4.69) is 20.9 Å². The van der Waals surface area contributed by atoms with Crippen molar-refractivity contribution in [1.29, 1.82) is 0 Å². The molecule has 4 amide bonds. The number of methoxy groups -OCH3 is 2. The monoisotopic (exact) mass is 947 g/mol. The number of carbonyl (C=O) groups excluding carboxylic acids is 7. The number of allylic oxidation sites excluding steroid dienone is 4. The van der Waals surface area contributed by atoms with Gasteiger partial charge in [-0.25, -0.2) is 9.59 Å². The van der Waals surface area contributed by atoms with Crippen molar-refractivity contribution < 1.29 is 57.6 Å². The molecule has 372 valence electrons. The first-order valence-electron chi connectivity index (χ1n) is 23.3. The number of nitrogens with zero attached hydrogens (tertiary/aromatic N) is 2. The highest BCUT2D eigenvalue weighted by Crippen LogP contribution is 2.29. The third kappa shape index (κ3) is 17.3. The Labute approximate surface area is 399 Å². The lowest BCUT2D eigenvalue weighted by Gasteiger charge is -2.34. The van der Waals surface area contributed by atoms with E-state index < -0.39 is 60.0 Å². The summed E-state index contributed by atoms with van der Waals surface area (Å²) >= 11 is 0. The summed E-state index contributed by atoms with van der Waals surface area (Å²) in [5.41, 5.74) is 7.07. The molecule has 18 heteroatoms. The van der Waals surface area contributed by atoms with Gasteiger partial charge in [0.25, 0.3) is 5.91 Å². The van der Waals surface area contributed by atoms with E-state index in [1.807, 2.05) is 37.3 Å². The fourth-order valence-electron chi connectivity index (χ4n) is 8.28.